The second kappa shape index (κ2) is 4.74. The van der Waals surface area contributed by atoms with Gasteiger partial charge in [-0.2, -0.15) is 0 Å². The summed E-state index contributed by atoms with van der Waals surface area (Å²) in [6.45, 7) is 0. The van der Waals surface area contributed by atoms with Crippen LogP contribution in [0.15, 0.2) is 24.3 Å². The average molecular weight is 182 g/mol. The van der Waals surface area contributed by atoms with Crippen molar-refractivity contribution in [2.45, 2.75) is 0 Å². The SMILES string of the molecule is F[B-](F)(F)F.Fc1c[c]ccc1. The van der Waals surface area contributed by atoms with Gasteiger partial charge in [0.2, 0.25) is 0 Å². The van der Waals surface area contributed by atoms with E-state index < -0.39 is 7.25 Å². The first-order valence-corrected chi connectivity index (χ1v) is 2.88. The maximum absolute atomic E-state index is 11.9. The van der Waals surface area contributed by atoms with E-state index >= 15 is 0 Å². The molecule has 12 heavy (non-hydrogen) atoms. The lowest BCUT2D eigenvalue weighted by Crippen LogP contribution is -2.02. The Bertz CT molecular complexity index is 201. The number of hydrogen-bond donors (Lipinski definition) is 0. The zero-order chi connectivity index (χ0) is 9.61. The average Bonchev–Trinajstić information content (AvgIpc) is 1.85. The standard InChI is InChI=1S/C6H4F.BF4/c7-6-4-2-1-3-5-6;2-1(3,4)5/h1-2,4-5H;/q;-1. The van der Waals surface area contributed by atoms with Gasteiger partial charge in [0.15, 0.2) is 0 Å². The molecule has 0 unspecified atom stereocenters. The summed E-state index contributed by atoms with van der Waals surface area (Å²) in [5, 5.41) is 0. The maximum Gasteiger partial charge on any atom is 0.673 e. The molecule has 0 aliphatic carbocycles. The van der Waals surface area contributed by atoms with Crippen LogP contribution in [0.4, 0.5) is 21.7 Å². The highest BCUT2D eigenvalue weighted by Crippen LogP contribution is 2.06. The van der Waals surface area contributed by atoms with Crippen LogP contribution in [0, 0.1) is 11.9 Å². The Morgan fingerprint density at radius 3 is 1.83 bits per heavy atom. The summed E-state index contributed by atoms with van der Waals surface area (Å²) < 4.78 is 50.9. The van der Waals surface area contributed by atoms with Crippen LogP contribution < -0.4 is 0 Å². The topological polar surface area (TPSA) is 0 Å². The first kappa shape index (κ1) is 10.9. The number of hydrogen-bond acceptors (Lipinski definition) is 0. The molecular formula is C6H4BF5-. The van der Waals surface area contributed by atoms with Crippen molar-refractivity contribution in [3.63, 3.8) is 0 Å². The lowest BCUT2D eigenvalue weighted by molar-refractivity contribution is 0.368. The first-order chi connectivity index (χ1) is 5.39. The van der Waals surface area contributed by atoms with E-state index in [2.05, 4.69) is 6.07 Å². The highest BCUT2D eigenvalue weighted by molar-refractivity contribution is 6.50. The molecule has 0 atom stereocenters. The molecule has 0 heterocycles. The third-order valence-electron chi connectivity index (χ3n) is 0.669. The van der Waals surface area contributed by atoms with Crippen LogP contribution in [0.2, 0.25) is 0 Å². The summed E-state index contributed by atoms with van der Waals surface area (Å²) in [4.78, 5) is 0. The van der Waals surface area contributed by atoms with Crippen LogP contribution in [0.5, 0.6) is 0 Å². The van der Waals surface area contributed by atoms with Gasteiger partial charge in [0.05, 0.1) is 0 Å². The molecule has 0 N–H and O–H groups in total. The summed E-state index contributed by atoms with van der Waals surface area (Å²) in [6.07, 6.45) is 0. The second-order valence-corrected chi connectivity index (χ2v) is 1.72. The molecule has 0 saturated carbocycles. The second-order valence-electron chi connectivity index (χ2n) is 1.72. The van der Waals surface area contributed by atoms with Crippen molar-refractivity contribution in [2.24, 2.45) is 0 Å². The highest BCUT2D eigenvalue weighted by atomic mass is 19.5. The quantitative estimate of drug-likeness (QED) is 0.427. The lowest BCUT2D eigenvalue weighted by atomic mass is 10.3. The van der Waals surface area contributed by atoms with Gasteiger partial charge in [0, 0.05) is 0 Å². The van der Waals surface area contributed by atoms with E-state index in [1.165, 1.54) is 12.1 Å². The molecule has 1 aromatic carbocycles. The molecular weight excluding hydrogens is 178 g/mol. The normalized spacial score (nSPS) is 10.1. The Kier molecular flexibility index (Phi) is 4.32. The van der Waals surface area contributed by atoms with Gasteiger partial charge in [-0.25, -0.2) is 4.39 Å². The van der Waals surface area contributed by atoms with E-state index in [1.54, 1.807) is 12.1 Å². The van der Waals surface area contributed by atoms with Crippen LogP contribution in [0.3, 0.4) is 0 Å². The van der Waals surface area contributed by atoms with Gasteiger partial charge in [-0.05, 0) is 18.2 Å². The van der Waals surface area contributed by atoms with Crippen LogP contribution >= 0.6 is 0 Å². The minimum absolute atomic E-state index is 0.234. The van der Waals surface area contributed by atoms with Gasteiger partial charge < -0.3 is 17.3 Å². The van der Waals surface area contributed by atoms with Crippen LogP contribution in [0.25, 0.3) is 0 Å². The highest BCUT2D eigenvalue weighted by Gasteiger charge is 2.20. The zero-order valence-electron chi connectivity index (χ0n) is 5.78. The summed E-state index contributed by atoms with van der Waals surface area (Å²) in [5.41, 5.74) is 0. The fraction of sp³-hybridized carbons (Fsp3) is 0. The van der Waals surface area contributed by atoms with E-state index in [0.717, 1.165) is 0 Å². The molecule has 0 aliphatic rings. The van der Waals surface area contributed by atoms with E-state index in [4.69, 9.17) is 0 Å². The monoisotopic (exact) mass is 182 g/mol. The predicted octanol–water partition coefficient (Wildman–Crippen LogP) is 2.93. The number of rotatable bonds is 0. The van der Waals surface area contributed by atoms with Gasteiger partial charge in [-0.15, -0.1) is 0 Å². The fourth-order valence-electron chi connectivity index (χ4n) is 0.371. The molecule has 0 spiro atoms. The molecule has 0 fully saturated rings. The van der Waals surface area contributed by atoms with Crippen LogP contribution in [0.1, 0.15) is 0 Å². The van der Waals surface area contributed by atoms with Crippen molar-refractivity contribution >= 4 is 7.25 Å². The Labute approximate surface area is 66.1 Å². The molecule has 0 saturated heterocycles. The van der Waals surface area contributed by atoms with E-state index in [0.29, 0.717) is 0 Å². The Hall–Kier alpha value is -1.07. The van der Waals surface area contributed by atoms with E-state index in [9.17, 15) is 21.7 Å². The minimum Gasteiger partial charge on any atom is -0.418 e. The number of halogens is 5. The molecule has 0 bridgehead atoms. The van der Waals surface area contributed by atoms with Crippen molar-refractivity contribution in [1.82, 2.24) is 0 Å². The molecule has 1 aromatic rings. The van der Waals surface area contributed by atoms with Crippen LogP contribution in [-0.4, -0.2) is 7.25 Å². The predicted molar refractivity (Wildman–Crippen MR) is 35.4 cm³/mol. The Morgan fingerprint density at radius 2 is 1.67 bits per heavy atom. The fourth-order valence-corrected chi connectivity index (χ4v) is 0.371. The minimum atomic E-state index is -6.00. The van der Waals surface area contributed by atoms with Crippen LogP contribution in [-0.2, 0) is 0 Å². The van der Waals surface area contributed by atoms with Crippen molar-refractivity contribution in [1.29, 1.82) is 0 Å². The van der Waals surface area contributed by atoms with Gasteiger partial charge >= 0.3 is 7.25 Å². The zero-order valence-corrected chi connectivity index (χ0v) is 5.78. The van der Waals surface area contributed by atoms with Crippen molar-refractivity contribution < 1.29 is 21.7 Å². The van der Waals surface area contributed by atoms with E-state index in [1.807, 2.05) is 0 Å². The van der Waals surface area contributed by atoms with Gasteiger partial charge in [0.1, 0.15) is 5.82 Å². The third kappa shape index (κ3) is 11.7. The molecule has 0 nitrogen and oxygen atoms in total. The summed E-state index contributed by atoms with van der Waals surface area (Å²) >= 11 is 0. The Balaban J connectivity index is 0.000000217. The van der Waals surface area contributed by atoms with Gasteiger partial charge in [-0.3, -0.25) is 0 Å². The van der Waals surface area contributed by atoms with E-state index in [-0.39, 0.29) is 5.82 Å². The third-order valence-corrected chi connectivity index (χ3v) is 0.669. The Morgan fingerprint density at radius 1 is 1.17 bits per heavy atom. The molecule has 1 radical (unpaired) electrons. The maximum atomic E-state index is 11.9. The molecule has 0 amide bonds. The molecule has 0 aromatic heterocycles. The summed E-state index contributed by atoms with van der Waals surface area (Å²) in [5.74, 6) is -0.234. The molecule has 0 aliphatic heterocycles. The molecule has 1 rings (SSSR count). The van der Waals surface area contributed by atoms with Crippen molar-refractivity contribution in [2.75, 3.05) is 0 Å². The lowest BCUT2D eigenvalue weighted by Gasteiger charge is -1.94. The van der Waals surface area contributed by atoms with Gasteiger partial charge in [0.25, 0.3) is 0 Å². The largest absolute Gasteiger partial charge is 0.673 e. The van der Waals surface area contributed by atoms with Crippen molar-refractivity contribution in [3.8, 4) is 0 Å². The molecule has 67 valence electrons. The summed E-state index contributed by atoms with van der Waals surface area (Å²) in [7, 11) is -6.00. The van der Waals surface area contributed by atoms with Gasteiger partial charge in [-0.1, -0.05) is 12.1 Å². The first-order valence-electron chi connectivity index (χ1n) is 2.88. The molecule has 6 heteroatoms. The summed E-state index contributed by atoms with van der Waals surface area (Å²) in [6, 6.07) is 8.53. The number of benzene rings is 1. The van der Waals surface area contributed by atoms with Crippen molar-refractivity contribution in [3.05, 3.63) is 36.1 Å². The smallest absolute Gasteiger partial charge is 0.418 e.